The van der Waals surface area contributed by atoms with Crippen LogP contribution in [0.2, 0.25) is 0 Å². The predicted molar refractivity (Wildman–Crippen MR) is 123 cm³/mol. The molecule has 0 amide bonds. The quantitative estimate of drug-likeness (QED) is 0.145. The van der Waals surface area contributed by atoms with Gasteiger partial charge >= 0.3 is 5.82 Å². The number of thiazole rings is 1. The van der Waals surface area contributed by atoms with Crippen molar-refractivity contribution in [3.8, 4) is 5.75 Å². The van der Waals surface area contributed by atoms with Crippen molar-refractivity contribution < 1.29 is 14.4 Å². The number of allylic oxidation sites excluding steroid dienone is 2. The molecular formula is C23H24N3O4S. The van der Waals surface area contributed by atoms with E-state index in [-0.39, 0.29) is 18.0 Å². The van der Waals surface area contributed by atoms with Crippen molar-refractivity contribution in [1.29, 1.82) is 0 Å². The standard InChI is InChI=1S/C23H24N3O4S/c1-5-29-15-30-18-10-11-19-20(13-18)31-21(25-19)9-7-6-8-16-12-17(23(2,3)4)14-24-22(16)26(27)28/h6-13H,5,15H2,1-4H3/b8-6+,9-7+. The summed E-state index contributed by atoms with van der Waals surface area (Å²) in [5.74, 6) is 0.521. The lowest BCUT2D eigenvalue weighted by atomic mass is 9.87. The van der Waals surface area contributed by atoms with Gasteiger partial charge in [0.1, 0.15) is 10.8 Å². The average molecular weight is 439 g/mol. The van der Waals surface area contributed by atoms with E-state index in [0.29, 0.717) is 12.2 Å². The van der Waals surface area contributed by atoms with Gasteiger partial charge in [-0.2, -0.15) is 0 Å². The van der Waals surface area contributed by atoms with Crippen LogP contribution in [0.3, 0.4) is 0 Å². The fourth-order valence-corrected chi connectivity index (χ4v) is 3.57. The molecule has 3 aromatic rings. The summed E-state index contributed by atoms with van der Waals surface area (Å²) < 4.78 is 11.7. The van der Waals surface area contributed by atoms with Crippen LogP contribution in [-0.2, 0) is 10.2 Å². The van der Waals surface area contributed by atoms with Gasteiger partial charge in [0.2, 0.25) is 6.20 Å². The van der Waals surface area contributed by atoms with Crippen LogP contribution in [0.15, 0.2) is 36.4 Å². The number of hydrogen-bond acceptors (Lipinski definition) is 7. The van der Waals surface area contributed by atoms with Crippen molar-refractivity contribution in [1.82, 2.24) is 9.97 Å². The minimum atomic E-state index is -0.495. The Kier molecular flexibility index (Phi) is 7.14. The van der Waals surface area contributed by atoms with E-state index in [1.165, 1.54) is 11.3 Å². The smallest absolute Gasteiger partial charge is 0.371 e. The lowest BCUT2D eigenvalue weighted by molar-refractivity contribution is -0.389. The fraction of sp³-hybridized carbons (Fsp3) is 0.304. The van der Waals surface area contributed by atoms with Crippen LogP contribution in [0.5, 0.6) is 5.75 Å². The average Bonchev–Trinajstić information content (AvgIpc) is 3.12. The van der Waals surface area contributed by atoms with Gasteiger partial charge in [0.05, 0.1) is 15.8 Å². The lowest BCUT2D eigenvalue weighted by Crippen LogP contribution is -2.12. The summed E-state index contributed by atoms with van der Waals surface area (Å²) >= 11 is 1.53. The molecule has 1 aromatic carbocycles. The summed E-state index contributed by atoms with van der Waals surface area (Å²) in [6.07, 6.45) is 9.88. The van der Waals surface area contributed by atoms with Gasteiger partial charge in [-0.05, 0) is 58.7 Å². The van der Waals surface area contributed by atoms with Crippen molar-refractivity contribution in [3.05, 3.63) is 68.9 Å². The number of ether oxygens (including phenoxy) is 2. The Morgan fingerprint density at radius 3 is 2.71 bits per heavy atom. The molecular weight excluding hydrogens is 414 g/mol. The van der Waals surface area contributed by atoms with Crippen LogP contribution in [0.1, 0.15) is 43.8 Å². The first-order valence-corrected chi connectivity index (χ1v) is 10.6. The first kappa shape index (κ1) is 22.6. The van der Waals surface area contributed by atoms with Crippen molar-refractivity contribution in [2.45, 2.75) is 33.1 Å². The number of aromatic nitrogens is 2. The Balaban J connectivity index is 1.76. The van der Waals surface area contributed by atoms with E-state index < -0.39 is 4.92 Å². The Hall–Kier alpha value is -3.10. The highest BCUT2D eigenvalue weighted by molar-refractivity contribution is 7.19. The number of fused-ring (bicyclic) bond motifs is 1. The van der Waals surface area contributed by atoms with Gasteiger partial charge in [0.25, 0.3) is 0 Å². The molecule has 31 heavy (non-hydrogen) atoms. The second-order valence-electron chi connectivity index (χ2n) is 7.72. The largest absolute Gasteiger partial charge is 0.468 e. The third-order valence-corrected chi connectivity index (χ3v) is 5.32. The van der Waals surface area contributed by atoms with Crippen molar-refractivity contribution in [2.24, 2.45) is 0 Å². The van der Waals surface area contributed by atoms with E-state index in [0.717, 1.165) is 26.5 Å². The topological polar surface area (TPSA) is 87.4 Å². The Labute approximate surface area is 185 Å². The van der Waals surface area contributed by atoms with Crippen LogP contribution < -0.4 is 4.74 Å². The summed E-state index contributed by atoms with van der Waals surface area (Å²) in [6, 6.07) is 7.46. The first-order valence-electron chi connectivity index (χ1n) is 9.81. The van der Waals surface area contributed by atoms with Crippen molar-refractivity contribution in [3.63, 3.8) is 0 Å². The van der Waals surface area contributed by atoms with Crippen LogP contribution in [0, 0.1) is 16.3 Å². The maximum Gasteiger partial charge on any atom is 0.371 e. The molecule has 0 aliphatic rings. The predicted octanol–water partition coefficient (Wildman–Crippen LogP) is 5.80. The highest BCUT2D eigenvalue weighted by Gasteiger charge is 2.21. The molecule has 3 rings (SSSR count). The normalized spacial score (nSPS) is 12.3. The molecule has 161 valence electrons. The van der Waals surface area contributed by atoms with Gasteiger partial charge in [0, 0.05) is 12.2 Å². The van der Waals surface area contributed by atoms with Gasteiger partial charge in [-0.25, -0.2) is 4.98 Å². The van der Waals surface area contributed by atoms with E-state index in [1.807, 2.05) is 52.0 Å². The molecule has 0 saturated carbocycles. The number of nitrogens with zero attached hydrogens (tertiary/aromatic N) is 3. The molecule has 7 nitrogen and oxygen atoms in total. The molecule has 1 radical (unpaired) electrons. The van der Waals surface area contributed by atoms with E-state index in [4.69, 9.17) is 9.47 Å². The van der Waals surface area contributed by atoms with Crippen LogP contribution >= 0.6 is 11.3 Å². The zero-order chi connectivity index (χ0) is 22.4. The summed E-state index contributed by atoms with van der Waals surface area (Å²) in [4.78, 5) is 19.3. The summed E-state index contributed by atoms with van der Waals surface area (Å²) in [6.45, 7) is 8.77. The van der Waals surface area contributed by atoms with Gasteiger partial charge in [0.15, 0.2) is 6.79 Å². The minimum Gasteiger partial charge on any atom is -0.468 e. The van der Waals surface area contributed by atoms with Gasteiger partial charge in [-0.1, -0.05) is 32.9 Å². The molecule has 0 unspecified atom stereocenters. The highest BCUT2D eigenvalue weighted by atomic mass is 32.1. The highest BCUT2D eigenvalue weighted by Crippen LogP contribution is 2.28. The second-order valence-corrected chi connectivity index (χ2v) is 8.78. The van der Waals surface area contributed by atoms with E-state index in [9.17, 15) is 10.1 Å². The Morgan fingerprint density at radius 1 is 1.23 bits per heavy atom. The second kappa shape index (κ2) is 9.80. The van der Waals surface area contributed by atoms with Crippen molar-refractivity contribution >= 4 is 39.5 Å². The maximum atomic E-state index is 11.3. The number of nitro groups is 1. The molecule has 8 heteroatoms. The molecule has 0 aliphatic carbocycles. The molecule has 0 fully saturated rings. The van der Waals surface area contributed by atoms with Gasteiger partial charge in [-0.15, -0.1) is 11.3 Å². The Bertz CT molecular complexity index is 1130. The molecule has 0 atom stereocenters. The summed E-state index contributed by atoms with van der Waals surface area (Å²) in [5.41, 5.74) is 1.94. The van der Waals surface area contributed by atoms with Crippen molar-refractivity contribution in [2.75, 3.05) is 13.4 Å². The van der Waals surface area contributed by atoms with Crippen LogP contribution in [0.25, 0.3) is 22.4 Å². The van der Waals surface area contributed by atoms with E-state index in [2.05, 4.69) is 16.2 Å². The molecule has 0 saturated heterocycles. The molecule has 2 aromatic heterocycles. The van der Waals surface area contributed by atoms with Gasteiger partial charge < -0.3 is 19.6 Å². The SMILES string of the molecule is CCOCOc1ccc2nc(/C=C/C=C/c3cc(C(C)(C)C)[c]nc3[N+](=O)[O-])sc2c1. The number of rotatable bonds is 8. The monoisotopic (exact) mass is 438 g/mol. The zero-order valence-electron chi connectivity index (χ0n) is 17.9. The molecule has 2 heterocycles. The molecule has 0 N–H and O–H groups in total. The van der Waals surface area contributed by atoms with Crippen LogP contribution in [0.4, 0.5) is 5.82 Å². The fourth-order valence-electron chi connectivity index (χ4n) is 2.66. The zero-order valence-corrected chi connectivity index (χ0v) is 18.7. The van der Waals surface area contributed by atoms with Gasteiger partial charge in [-0.3, -0.25) is 0 Å². The number of hydrogen-bond donors (Lipinski definition) is 0. The number of pyridine rings is 1. The first-order chi connectivity index (χ1) is 14.8. The van der Waals surface area contributed by atoms with E-state index >= 15 is 0 Å². The maximum absolute atomic E-state index is 11.3. The molecule has 0 aliphatic heterocycles. The molecule has 0 bridgehead atoms. The summed E-state index contributed by atoms with van der Waals surface area (Å²) in [7, 11) is 0. The minimum absolute atomic E-state index is 0.202. The third kappa shape index (κ3) is 5.96. The molecule has 0 spiro atoms. The summed E-state index contributed by atoms with van der Waals surface area (Å²) in [5, 5.41) is 12.1. The third-order valence-electron chi connectivity index (χ3n) is 4.34. The lowest BCUT2D eigenvalue weighted by Gasteiger charge is -2.16. The van der Waals surface area contributed by atoms with Crippen LogP contribution in [-0.4, -0.2) is 28.3 Å². The number of benzene rings is 1. The Morgan fingerprint density at radius 2 is 2.00 bits per heavy atom. The van der Waals surface area contributed by atoms with E-state index in [1.54, 1.807) is 24.3 Å².